The minimum absolute atomic E-state index is 0.00968. The Morgan fingerprint density at radius 3 is 2.50 bits per heavy atom. The van der Waals surface area contributed by atoms with Gasteiger partial charge in [-0.2, -0.15) is 0 Å². The monoisotopic (exact) mass is 333 g/mol. The molecule has 0 heterocycles. The Morgan fingerprint density at radius 1 is 1.10 bits per heavy atom. The number of halogens is 3. The molecule has 0 radical (unpaired) electrons. The van der Waals surface area contributed by atoms with E-state index in [0.29, 0.717) is 10.6 Å². The van der Waals surface area contributed by atoms with Crippen molar-refractivity contribution >= 4 is 38.7 Å². The summed E-state index contributed by atoms with van der Waals surface area (Å²) in [5, 5.41) is 0.639. The molecule has 3 nitrogen and oxygen atoms in total. The van der Waals surface area contributed by atoms with Crippen LogP contribution in [-0.4, -0.2) is 8.42 Å². The van der Waals surface area contributed by atoms with Gasteiger partial charge in [0, 0.05) is 10.0 Å². The molecule has 0 fully saturated rings. The van der Waals surface area contributed by atoms with Crippen LogP contribution in [0, 0.1) is 5.82 Å². The number of hydrogen-bond donors (Lipinski definition) is 1. The number of benzene rings is 2. The summed E-state index contributed by atoms with van der Waals surface area (Å²) in [4.78, 5) is -0.256. The molecule has 2 aromatic rings. The Bertz CT molecular complexity index is 763. The summed E-state index contributed by atoms with van der Waals surface area (Å²) >= 11 is 11.7. The van der Waals surface area contributed by atoms with Crippen LogP contribution in [0.5, 0.6) is 0 Å². The summed E-state index contributed by atoms with van der Waals surface area (Å²) in [6.45, 7) is 0. The summed E-state index contributed by atoms with van der Waals surface area (Å²) in [5.74, 6) is -1.07. The van der Waals surface area contributed by atoms with Crippen LogP contribution in [0.1, 0.15) is 5.56 Å². The van der Waals surface area contributed by atoms with Gasteiger partial charge >= 0.3 is 0 Å². The molecule has 0 amide bonds. The minimum atomic E-state index is -3.81. The molecule has 0 spiro atoms. The Morgan fingerprint density at radius 2 is 1.80 bits per heavy atom. The van der Waals surface area contributed by atoms with E-state index in [0.717, 1.165) is 12.1 Å². The van der Waals surface area contributed by atoms with Crippen molar-refractivity contribution in [1.29, 1.82) is 0 Å². The van der Waals surface area contributed by atoms with Crippen LogP contribution in [0.25, 0.3) is 0 Å². The Kier molecular flexibility index (Phi) is 4.22. The van der Waals surface area contributed by atoms with Crippen molar-refractivity contribution in [2.75, 3.05) is 5.73 Å². The van der Waals surface area contributed by atoms with E-state index in [1.54, 1.807) is 6.07 Å². The highest BCUT2D eigenvalue weighted by atomic mass is 35.5. The highest BCUT2D eigenvalue weighted by Crippen LogP contribution is 2.28. The quantitative estimate of drug-likeness (QED) is 0.871. The van der Waals surface area contributed by atoms with Crippen LogP contribution in [0.3, 0.4) is 0 Å². The van der Waals surface area contributed by atoms with E-state index in [-0.39, 0.29) is 15.6 Å². The number of rotatable bonds is 3. The third kappa shape index (κ3) is 3.23. The van der Waals surface area contributed by atoms with Crippen molar-refractivity contribution in [3.8, 4) is 0 Å². The van der Waals surface area contributed by atoms with Gasteiger partial charge in [0.05, 0.1) is 16.3 Å². The first-order valence-corrected chi connectivity index (χ1v) is 7.92. The maximum absolute atomic E-state index is 13.2. The van der Waals surface area contributed by atoms with Gasteiger partial charge in [-0.3, -0.25) is 0 Å². The zero-order valence-corrected chi connectivity index (χ0v) is 12.4. The normalized spacial score (nSPS) is 11.6. The van der Waals surface area contributed by atoms with Crippen LogP contribution >= 0.6 is 23.2 Å². The van der Waals surface area contributed by atoms with Crippen LogP contribution in [0.2, 0.25) is 10.0 Å². The summed E-state index contributed by atoms with van der Waals surface area (Å²) < 4.78 is 37.8. The van der Waals surface area contributed by atoms with E-state index >= 15 is 0 Å². The third-order valence-corrected chi connectivity index (χ3v) is 4.98. The summed E-state index contributed by atoms with van der Waals surface area (Å²) in [5.41, 5.74) is 5.92. The first-order chi connectivity index (χ1) is 9.29. The molecule has 106 valence electrons. The van der Waals surface area contributed by atoms with Gasteiger partial charge in [0.25, 0.3) is 0 Å². The molecule has 0 unspecified atom stereocenters. The van der Waals surface area contributed by atoms with E-state index in [1.807, 2.05) is 0 Å². The number of nitrogens with two attached hydrogens (primary N) is 1. The number of nitrogen functional groups attached to an aromatic ring is 1. The van der Waals surface area contributed by atoms with Crippen LogP contribution in [0.15, 0.2) is 41.3 Å². The molecule has 0 saturated carbocycles. The lowest BCUT2D eigenvalue weighted by molar-refractivity contribution is 0.590. The third-order valence-electron chi connectivity index (χ3n) is 2.66. The topological polar surface area (TPSA) is 60.2 Å². The van der Waals surface area contributed by atoms with E-state index in [9.17, 15) is 12.8 Å². The van der Waals surface area contributed by atoms with Crippen LogP contribution in [0.4, 0.5) is 10.1 Å². The molecular formula is C13H10Cl2FNO2S. The second-order valence-corrected chi connectivity index (χ2v) is 6.98. The van der Waals surface area contributed by atoms with E-state index < -0.39 is 21.4 Å². The molecule has 2 N–H and O–H groups in total. The van der Waals surface area contributed by atoms with Crippen molar-refractivity contribution in [3.63, 3.8) is 0 Å². The Balaban J connectivity index is 2.46. The number of anilines is 1. The molecule has 2 rings (SSSR count). The predicted octanol–water partition coefficient (Wildman–Crippen LogP) is 3.69. The maximum Gasteiger partial charge on any atom is 0.184 e. The maximum atomic E-state index is 13.2. The smallest absolute Gasteiger partial charge is 0.184 e. The molecule has 2 aromatic carbocycles. The molecule has 7 heteroatoms. The van der Waals surface area contributed by atoms with Gasteiger partial charge in [-0.25, -0.2) is 12.8 Å². The van der Waals surface area contributed by atoms with E-state index in [1.165, 1.54) is 18.2 Å². The number of hydrogen-bond acceptors (Lipinski definition) is 3. The van der Waals surface area contributed by atoms with Crippen molar-refractivity contribution in [3.05, 3.63) is 57.8 Å². The highest BCUT2D eigenvalue weighted by molar-refractivity contribution is 7.90. The molecule has 0 saturated heterocycles. The molecule has 20 heavy (non-hydrogen) atoms. The summed E-state index contributed by atoms with van der Waals surface area (Å²) in [6, 6.07) is 7.71. The average molecular weight is 334 g/mol. The molecule has 0 bridgehead atoms. The molecule has 0 aliphatic heterocycles. The average Bonchev–Trinajstić information content (AvgIpc) is 2.36. The van der Waals surface area contributed by atoms with Gasteiger partial charge in [-0.15, -0.1) is 0 Å². The SMILES string of the molecule is Nc1ccc(F)cc1S(=O)(=O)Cc1cc(Cl)ccc1Cl. The fourth-order valence-electron chi connectivity index (χ4n) is 1.71. The van der Waals surface area contributed by atoms with Crippen LogP contribution < -0.4 is 5.73 Å². The van der Waals surface area contributed by atoms with E-state index in [2.05, 4.69) is 0 Å². The first-order valence-electron chi connectivity index (χ1n) is 5.51. The van der Waals surface area contributed by atoms with Gasteiger partial charge in [0.1, 0.15) is 5.82 Å². The van der Waals surface area contributed by atoms with Gasteiger partial charge in [-0.1, -0.05) is 23.2 Å². The van der Waals surface area contributed by atoms with Crippen LogP contribution in [-0.2, 0) is 15.6 Å². The molecule has 0 aromatic heterocycles. The highest BCUT2D eigenvalue weighted by Gasteiger charge is 2.20. The van der Waals surface area contributed by atoms with Gasteiger partial charge < -0.3 is 5.73 Å². The molecule has 0 aliphatic rings. The number of sulfone groups is 1. The lowest BCUT2D eigenvalue weighted by Crippen LogP contribution is -2.08. The zero-order valence-electron chi connectivity index (χ0n) is 10.1. The largest absolute Gasteiger partial charge is 0.398 e. The van der Waals surface area contributed by atoms with E-state index in [4.69, 9.17) is 28.9 Å². The van der Waals surface area contributed by atoms with Crippen molar-refractivity contribution in [2.24, 2.45) is 0 Å². The lowest BCUT2D eigenvalue weighted by atomic mass is 10.2. The zero-order chi connectivity index (χ0) is 14.9. The van der Waals surface area contributed by atoms with Crippen molar-refractivity contribution in [2.45, 2.75) is 10.6 Å². The van der Waals surface area contributed by atoms with Gasteiger partial charge in [0.15, 0.2) is 9.84 Å². The van der Waals surface area contributed by atoms with Crippen molar-refractivity contribution in [1.82, 2.24) is 0 Å². The Hall–Kier alpha value is -1.30. The minimum Gasteiger partial charge on any atom is -0.398 e. The second kappa shape index (κ2) is 5.60. The van der Waals surface area contributed by atoms with Crippen molar-refractivity contribution < 1.29 is 12.8 Å². The molecular weight excluding hydrogens is 324 g/mol. The summed E-state index contributed by atoms with van der Waals surface area (Å²) in [6.07, 6.45) is 0. The predicted molar refractivity (Wildman–Crippen MR) is 78.2 cm³/mol. The molecule has 0 atom stereocenters. The first kappa shape index (κ1) is 15.1. The fraction of sp³-hybridized carbons (Fsp3) is 0.0769. The fourth-order valence-corrected chi connectivity index (χ4v) is 3.70. The molecule has 0 aliphatic carbocycles. The second-order valence-electron chi connectivity index (χ2n) is 4.18. The lowest BCUT2D eigenvalue weighted by Gasteiger charge is -2.09. The van der Waals surface area contributed by atoms with Gasteiger partial charge in [-0.05, 0) is 42.0 Å². The van der Waals surface area contributed by atoms with Gasteiger partial charge in [0.2, 0.25) is 0 Å². The Labute approximate surface area is 126 Å². The summed E-state index contributed by atoms with van der Waals surface area (Å²) in [7, 11) is -3.81. The standard InChI is InChI=1S/C13H10Cl2FNO2S/c14-9-1-3-11(15)8(5-9)7-20(18,19)13-6-10(16)2-4-12(13)17/h1-6H,7,17H2.